The first kappa shape index (κ1) is 9.24. The van der Waals surface area contributed by atoms with Crippen LogP contribution < -0.4 is 0 Å². The van der Waals surface area contributed by atoms with Crippen molar-refractivity contribution in [1.29, 1.82) is 0 Å². The van der Waals surface area contributed by atoms with E-state index in [9.17, 15) is 4.39 Å². The monoisotopic (exact) mass is 166 g/mol. The summed E-state index contributed by atoms with van der Waals surface area (Å²) in [7, 11) is 0. The summed E-state index contributed by atoms with van der Waals surface area (Å²) in [6.45, 7) is 7.79. The van der Waals surface area contributed by atoms with E-state index in [2.05, 4.69) is 13.8 Å². The van der Waals surface area contributed by atoms with Gasteiger partial charge in [-0.2, -0.15) is 0 Å². The summed E-state index contributed by atoms with van der Waals surface area (Å²) in [4.78, 5) is 0. The average Bonchev–Trinajstić information content (AvgIpc) is 2.08. The molecular weight excluding hydrogens is 151 g/mol. The Labute approximate surface area is 73.4 Å². The van der Waals surface area contributed by atoms with Crippen LogP contribution in [-0.2, 0) is 6.67 Å². The van der Waals surface area contributed by atoms with Crippen molar-refractivity contribution >= 4 is 0 Å². The first-order valence-electron chi connectivity index (χ1n) is 4.20. The second-order valence-electron chi connectivity index (χ2n) is 3.36. The molecule has 0 saturated heterocycles. The lowest BCUT2D eigenvalue weighted by Gasteiger charge is -2.11. The molecule has 1 aromatic carbocycles. The van der Waals surface area contributed by atoms with Gasteiger partial charge in [0, 0.05) is 0 Å². The number of benzene rings is 1. The second kappa shape index (κ2) is 3.26. The van der Waals surface area contributed by atoms with Crippen LogP contribution in [0, 0.1) is 27.7 Å². The van der Waals surface area contributed by atoms with Crippen LogP contribution in [0.15, 0.2) is 6.07 Å². The molecule has 0 N–H and O–H groups in total. The van der Waals surface area contributed by atoms with Crippen LogP contribution in [-0.4, -0.2) is 0 Å². The van der Waals surface area contributed by atoms with Crippen molar-refractivity contribution in [1.82, 2.24) is 0 Å². The number of hydrogen-bond donors (Lipinski definition) is 0. The maximum absolute atomic E-state index is 12.5. The molecule has 0 nitrogen and oxygen atoms in total. The molecule has 0 aliphatic carbocycles. The van der Waals surface area contributed by atoms with Crippen LogP contribution in [0.5, 0.6) is 0 Å². The predicted molar refractivity (Wildman–Crippen MR) is 50.2 cm³/mol. The summed E-state index contributed by atoms with van der Waals surface area (Å²) in [5.41, 5.74) is 5.62. The Morgan fingerprint density at radius 1 is 1.00 bits per heavy atom. The van der Waals surface area contributed by atoms with Crippen LogP contribution in [0.4, 0.5) is 4.39 Å². The average molecular weight is 166 g/mol. The normalized spacial score (nSPS) is 10.4. The lowest BCUT2D eigenvalue weighted by molar-refractivity contribution is 0.483. The molecule has 0 atom stereocenters. The van der Waals surface area contributed by atoms with Gasteiger partial charge in [-0.15, -0.1) is 0 Å². The van der Waals surface area contributed by atoms with Crippen molar-refractivity contribution in [2.75, 3.05) is 0 Å². The van der Waals surface area contributed by atoms with E-state index in [1.807, 2.05) is 19.9 Å². The van der Waals surface area contributed by atoms with E-state index in [-0.39, 0.29) is 6.67 Å². The number of alkyl halides is 1. The highest BCUT2D eigenvalue weighted by Gasteiger charge is 2.05. The predicted octanol–water partition coefficient (Wildman–Crippen LogP) is 3.39. The summed E-state index contributed by atoms with van der Waals surface area (Å²) < 4.78 is 12.5. The molecule has 0 aliphatic rings. The highest BCUT2D eigenvalue weighted by molar-refractivity contribution is 5.43. The Kier molecular flexibility index (Phi) is 2.51. The van der Waals surface area contributed by atoms with Gasteiger partial charge >= 0.3 is 0 Å². The van der Waals surface area contributed by atoms with Crippen molar-refractivity contribution in [3.8, 4) is 0 Å². The highest BCUT2D eigenvalue weighted by atomic mass is 19.1. The molecule has 12 heavy (non-hydrogen) atoms. The molecule has 66 valence electrons. The van der Waals surface area contributed by atoms with E-state index in [1.165, 1.54) is 16.7 Å². The Morgan fingerprint density at radius 2 is 1.58 bits per heavy atom. The summed E-state index contributed by atoms with van der Waals surface area (Å²) in [6, 6.07) is 1.94. The standard InChI is InChI=1S/C11H15F/c1-7-5-11(6-12)10(4)9(3)8(7)2/h5H,6H2,1-4H3. The van der Waals surface area contributed by atoms with Gasteiger partial charge in [-0.25, -0.2) is 4.39 Å². The lowest BCUT2D eigenvalue weighted by atomic mass is 9.95. The molecule has 0 spiro atoms. The first-order valence-corrected chi connectivity index (χ1v) is 4.20. The van der Waals surface area contributed by atoms with Crippen molar-refractivity contribution in [3.05, 3.63) is 33.9 Å². The van der Waals surface area contributed by atoms with Gasteiger partial charge in [0.15, 0.2) is 0 Å². The van der Waals surface area contributed by atoms with Gasteiger partial charge in [-0.05, 0) is 55.5 Å². The maximum Gasteiger partial charge on any atom is 0.115 e. The molecule has 0 radical (unpaired) electrons. The van der Waals surface area contributed by atoms with Gasteiger partial charge in [-0.1, -0.05) is 6.07 Å². The summed E-state index contributed by atoms with van der Waals surface area (Å²) in [5.74, 6) is 0. The molecule has 1 aromatic rings. The van der Waals surface area contributed by atoms with Crippen molar-refractivity contribution in [2.24, 2.45) is 0 Å². The molecule has 0 fully saturated rings. The van der Waals surface area contributed by atoms with Crippen LogP contribution in [0.2, 0.25) is 0 Å². The van der Waals surface area contributed by atoms with E-state index < -0.39 is 0 Å². The molecule has 1 heteroatoms. The Bertz CT molecular complexity index is 300. The van der Waals surface area contributed by atoms with E-state index in [1.54, 1.807) is 0 Å². The molecule has 0 aromatic heterocycles. The minimum atomic E-state index is -0.353. The first-order chi connectivity index (χ1) is 5.57. The third-order valence-corrected chi connectivity index (χ3v) is 2.73. The fraction of sp³-hybridized carbons (Fsp3) is 0.455. The van der Waals surface area contributed by atoms with Crippen LogP contribution in [0.1, 0.15) is 27.8 Å². The van der Waals surface area contributed by atoms with Gasteiger partial charge in [-0.3, -0.25) is 0 Å². The third-order valence-electron chi connectivity index (χ3n) is 2.73. The van der Waals surface area contributed by atoms with E-state index in [0.717, 1.165) is 11.1 Å². The summed E-state index contributed by atoms with van der Waals surface area (Å²) >= 11 is 0. The fourth-order valence-electron chi connectivity index (χ4n) is 1.43. The zero-order valence-corrected chi connectivity index (χ0v) is 8.16. The minimum Gasteiger partial charge on any atom is -0.246 e. The molecule has 0 aliphatic heterocycles. The zero-order valence-electron chi connectivity index (χ0n) is 8.16. The summed E-state index contributed by atoms with van der Waals surface area (Å²) in [5, 5.41) is 0. The zero-order chi connectivity index (χ0) is 9.30. The van der Waals surface area contributed by atoms with E-state index in [4.69, 9.17) is 0 Å². The van der Waals surface area contributed by atoms with Gasteiger partial charge in [0.1, 0.15) is 6.67 Å². The second-order valence-corrected chi connectivity index (χ2v) is 3.36. The van der Waals surface area contributed by atoms with E-state index in [0.29, 0.717) is 0 Å². The quantitative estimate of drug-likeness (QED) is 0.600. The maximum atomic E-state index is 12.5. The largest absolute Gasteiger partial charge is 0.246 e. The van der Waals surface area contributed by atoms with Crippen molar-refractivity contribution in [3.63, 3.8) is 0 Å². The lowest BCUT2D eigenvalue weighted by Crippen LogP contribution is -1.95. The topological polar surface area (TPSA) is 0 Å². The number of aryl methyl sites for hydroxylation is 1. The van der Waals surface area contributed by atoms with Crippen LogP contribution in [0.3, 0.4) is 0 Å². The molecule has 0 bridgehead atoms. The highest BCUT2D eigenvalue weighted by Crippen LogP contribution is 2.21. The number of rotatable bonds is 1. The Balaban J connectivity index is 3.39. The van der Waals surface area contributed by atoms with Gasteiger partial charge in [0.05, 0.1) is 0 Å². The molecule has 0 heterocycles. The summed E-state index contributed by atoms with van der Waals surface area (Å²) in [6.07, 6.45) is 0. The molecular formula is C11H15F. The Morgan fingerprint density at radius 3 is 2.08 bits per heavy atom. The van der Waals surface area contributed by atoms with Crippen LogP contribution >= 0.6 is 0 Å². The molecule has 1 rings (SSSR count). The van der Waals surface area contributed by atoms with Gasteiger partial charge in [0.2, 0.25) is 0 Å². The fourth-order valence-corrected chi connectivity index (χ4v) is 1.43. The smallest absolute Gasteiger partial charge is 0.115 e. The van der Waals surface area contributed by atoms with E-state index >= 15 is 0 Å². The minimum absolute atomic E-state index is 0.353. The number of halogens is 1. The number of hydrogen-bond acceptors (Lipinski definition) is 0. The van der Waals surface area contributed by atoms with Gasteiger partial charge < -0.3 is 0 Å². The Hall–Kier alpha value is -0.850. The molecule has 0 amide bonds. The third kappa shape index (κ3) is 1.36. The van der Waals surface area contributed by atoms with Crippen molar-refractivity contribution in [2.45, 2.75) is 34.4 Å². The molecule has 0 unspecified atom stereocenters. The van der Waals surface area contributed by atoms with Crippen LogP contribution in [0.25, 0.3) is 0 Å². The SMILES string of the molecule is Cc1cc(CF)c(C)c(C)c1C. The van der Waals surface area contributed by atoms with Crippen molar-refractivity contribution < 1.29 is 4.39 Å². The molecule has 0 saturated carbocycles. The van der Waals surface area contributed by atoms with Gasteiger partial charge in [0.25, 0.3) is 0 Å².